The molecule has 1 atom stereocenters. The van der Waals surface area contributed by atoms with Crippen LogP contribution in [0.4, 0.5) is 13.2 Å². The largest absolute Gasteiger partial charge is 0.417 e. The molecule has 1 fully saturated rings. The van der Waals surface area contributed by atoms with E-state index in [0.29, 0.717) is 0 Å². The summed E-state index contributed by atoms with van der Waals surface area (Å²) >= 11 is 0. The second-order valence-electron chi connectivity index (χ2n) is 6.01. The van der Waals surface area contributed by atoms with Gasteiger partial charge in [0, 0.05) is 13.1 Å². The van der Waals surface area contributed by atoms with Gasteiger partial charge in [0.25, 0.3) is 0 Å². The average molecular weight is 330 g/mol. The van der Waals surface area contributed by atoms with Crippen LogP contribution < -0.4 is 5.32 Å². The maximum atomic E-state index is 12.7. The van der Waals surface area contributed by atoms with Gasteiger partial charge in [0.05, 0.1) is 12.6 Å². The summed E-state index contributed by atoms with van der Waals surface area (Å²) in [5.74, 6) is -0.237. The van der Waals surface area contributed by atoms with E-state index in [9.17, 15) is 23.1 Å². The quantitative estimate of drug-likeness (QED) is 0.890. The number of benzene rings is 1. The van der Waals surface area contributed by atoms with Crippen molar-refractivity contribution in [2.75, 3.05) is 19.6 Å². The number of aliphatic hydroxyl groups is 1. The van der Waals surface area contributed by atoms with Crippen molar-refractivity contribution in [3.8, 4) is 0 Å². The predicted molar refractivity (Wildman–Crippen MR) is 79.7 cm³/mol. The molecule has 128 valence electrons. The third kappa shape index (κ3) is 4.45. The lowest BCUT2D eigenvalue weighted by Gasteiger charge is -2.38. The summed E-state index contributed by atoms with van der Waals surface area (Å²) in [6, 6.07) is 9.26. The van der Waals surface area contributed by atoms with Crippen LogP contribution in [0.2, 0.25) is 0 Å². The van der Waals surface area contributed by atoms with E-state index in [1.165, 1.54) is 0 Å². The molecular formula is C16H21F3N2O2. The number of halogens is 3. The second-order valence-corrected chi connectivity index (χ2v) is 6.01. The number of amides is 1. The second kappa shape index (κ2) is 6.88. The molecule has 0 radical (unpaired) electrons. The number of carbonyl (C=O) groups excluding carboxylic acids is 1. The molecule has 23 heavy (non-hydrogen) atoms. The Kier molecular flexibility index (Phi) is 5.31. The van der Waals surface area contributed by atoms with Crippen LogP contribution in [-0.2, 0) is 4.79 Å². The van der Waals surface area contributed by atoms with Crippen molar-refractivity contribution < 1.29 is 23.1 Å². The third-order valence-corrected chi connectivity index (χ3v) is 4.26. The highest BCUT2D eigenvalue weighted by molar-refractivity contribution is 5.78. The smallest absolute Gasteiger partial charge is 0.380 e. The Bertz CT molecular complexity index is 526. The lowest BCUT2D eigenvalue weighted by molar-refractivity contribution is -0.272. The molecule has 0 aliphatic carbocycles. The third-order valence-electron chi connectivity index (χ3n) is 4.26. The summed E-state index contributed by atoms with van der Waals surface area (Å²) in [7, 11) is 0. The molecule has 1 heterocycles. The minimum atomic E-state index is -4.62. The number of hydrogen-bond donors (Lipinski definition) is 2. The Balaban J connectivity index is 1.81. The van der Waals surface area contributed by atoms with Crippen LogP contribution in [0.3, 0.4) is 0 Å². The van der Waals surface area contributed by atoms with Crippen molar-refractivity contribution in [2.45, 2.75) is 37.6 Å². The maximum Gasteiger partial charge on any atom is 0.417 e. The zero-order valence-electron chi connectivity index (χ0n) is 12.9. The van der Waals surface area contributed by atoms with Gasteiger partial charge in [-0.2, -0.15) is 13.2 Å². The Labute approximate surface area is 133 Å². The standard InChI is InChI=1S/C16H21F3N2O2/c1-12(13-5-3-2-4-6-13)20-14(22)11-21-9-7-15(23,8-10-21)16(17,18)19/h2-6,12,23H,7-11H2,1H3,(H,20,22). The molecule has 2 N–H and O–H groups in total. The minimum Gasteiger partial charge on any atom is -0.380 e. The number of alkyl halides is 3. The van der Waals surface area contributed by atoms with Crippen LogP contribution in [0.5, 0.6) is 0 Å². The van der Waals surface area contributed by atoms with Gasteiger partial charge in [-0.25, -0.2) is 0 Å². The number of rotatable bonds is 4. The van der Waals surface area contributed by atoms with Gasteiger partial charge in [0.1, 0.15) is 0 Å². The fraction of sp³-hybridized carbons (Fsp3) is 0.562. The van der Waals surface area contributed by atoms with E-state index in [4.69, 9.17) is 0 Å². The molecule has 2 rings (SSSR count). The first-order valence-corrected chi connectivity index (χ1v) is 7.57. The van der Waals surface area contributed by atoms with Gasteiger partial charge in [-0.05, 0) is 25.3 Å². The van der Waals surface area contributed by atoms with Crippen LogP contribution >= 0.6 is 0 Å². The molecule has 7 heteroatoms. The summed E-state index contributed by atoms with van der Waals surface area (Å²) in [6.45, 7) is 1.98. The van der Waals surface area contributed by atoms with Crippen LogP contribution in [-0.4, -0.2) is 47.3 Å². The lowest BCUT2D eigenvalue weighted by atomic mass is 9.91. The Hall–Kier alpha value is -1.60. The Morgan fingerprint density at radius 1 is 1.30 bits per heavy atom. The van der Waals surface area contributed by atoms with E-state index in [2.05, 4.69) is 5.32 Å². The molecule has 1 aromatic carbocycles. The molecule has 0 spiro atoms. The van der Waals surface area contributed by atoms with E-state index in [-0.39, 0.29) is 31.6 Å². The van der Waals surface area contributed by atoms with Crippen molar-refractivity contribution >= 4 is 5.91 Å². The first-order chi connectivity index (χ1) is 10.7. The molecule has 1 aromatic rings. The number of piperidine rings is 1. The summed E-state index contributed by atoms with van der Waals surface area (Å²) in [5.41, 5.74) is -1.66. The van der Waals surface area contributed by atoms with Crippen molar-refractivity contribution in [1.29, 1.82) is 0 Å². The van der Waals surface area contributed by atoms with Gasteiger partial charge in [-0.15, -0.1) is 0 Å². The molecule has 1 amide bonds. The number of carbonyl (C=O) groups is 1. The van der Waals surface area contributed by atoms with E-state index < -0.39 is 24.6 Å². The Morgan fingerprint density at radius 3 is 2.39 bits per heavy atom. The summed E-state index contributed by atoms with van der Waals surface area (Å²) in [6.07, 6.45) is -5.43. The van der Waals surface area contributed by atoms with Crippen molar-refractivity contribution in [2.24, 2.45) is 0 Å². The predicted octanol–water partition coefficient (Wildman–Crippen LogP) is 2.25. The molecule has 0 bridgehead atoms. The Morgan fingerprint density at radius 2 is 1.87 bits per heavy atom. The average Bonchev–Trinajstić information content (AvgIpc) is 2.49. The molecule has 1 aliphatic rings. The lowest BCUT2D eigenvalue weighted by Crippen LogP contribution is -2.54. The molecule has 0 saturated carbocycles. The van der Waals surface area contributed by atoms with Gasteiger partial charge >= 0.3 is 6.18 Å². The first kappa shape index (κ1) is 17.7. The van der Waals surface area contributed by atoms with Crippen molar-refractivity contribution in [3.05, 3.63) is 35.9 Å². The van der Waals surface area contributed by atoms with Gasteiger partial charge in [0.15, 0.2) is 5.60 Å². The number of nitrogens with one attached hydrogen (secondary N) is 1. The van der Waals surface area contributed by atoms with Gasteiger partial charge in [-0.3, -0.25) is 9.69 Å². The fourth-order valence-corrected chi connectivity index (χ4v) is 2.68. The van der Waals surface area contributed by atoms with Crippen molar-refractivity contribution in [1.82, 2.24) is 10.2 Å². The number of hydrogen-bond acceptors (Lipinski definition) is 3. The molecule has 1 aliphatic heterocycles. The van der Waals surface area contributed by atoms with Gasteiger partial charge in [-0.1, -0.05) is 30.3 Å². The summed E-state index contributed by atoms with van der Waals surface area (Å²) in [4.78, 5) is 13.6. The minimum absolute atomic E-state index is 0.0328. The first-order valence-electron chi connectivity index (χ1n) is 7.57. The number of likely N-dealkylation sites (tertiary alicyclic amines) is 1. The molecule has 4 nitrogen and oxygen atoms in total. The molecular weight excluding hydrogens is 309 g/mol. The molecule has 1 unspecified atom stereocenters. The van der Waals surface area contributed by atoms with Crippen LogP contribution in [0.15, 0.2) is 30.3 Å². The van der Waals surface area contributed by atoms with Gasteiger partial charge < -0.3 is 10.4 Å². The van der Waals surface area contributed by atoms with Crippen LogP contribution in [0.25, 0.3) is 0 Å². The SMILES string of the molecule is CC(NC(=O)CN1CCC(O)(C(F)(F)F)CC1)c1ccccc1. The normalized spacial score (nSPS) is 20.0. The zero-order valence-corrected chi connectivity index (χ0v) is 12.9. The fourth-order valence-electron chi connectivity index (χ4n) is 2.68. The monoisotopic (exact) mass is 330 g/mol. The van der Waals surface area contributed by atoms with Gasteiger partial charge in [0.2, 0.25) is 5.91 Å². The van der Waals surface area contributed by atoms with Crippen molar-refractivity contribution in [3.63, 3.8) is 0 Å². The zero-order chi connectivity index (χ0) is 17.1. The number of nitrogens with zero attached hydrogens (tertiary/aromatic N) is 1. The highest BCUT2D eigenvalue weighted by Crippen LogP contribution is 2.38. The van der Waals surface area contributed by atoms with Crippen LogP contribution in [0, 0.1) is 0 Å². The van der Waals surface area contributed by atoms with E-state index in [1.54, 1.807) is 4.90 Å². The van der Waals surface area contributed by atoms with E-state index >= 15 is 0 Å². The topological polar surface area (TPSA) is 52.6 Å². The molecule has 0 aromatic heterocycles. The summed E-state index contributed by atoms with van der Waals surface area (Å²) in [5, 5.41) is 12.4. The van der Waals surface area contributed by atoms with Crippen LogP contribution in [0.1, 0.15) is 31.4 Å². The maximum absolute atomic E-state index is 12.7. The summed E-state index contributed by atoms with van der Waals surface area (Å²) < 4.78 is 38.2. The highest BCUT2D eigenvalue weighted by Gasteiger charge is 2.54. The highest BCUT2D eigenvalue weighted by atomic mass is 19.4. The van der Waals surface area contributed by atoms with E-state index in [0.717, 1.165) is 5.56 Å². The molecule has 1 saturated heterocycles. The van der Waals surface area contributed by atoms with E-state index in [1.807, 2.05) is 37.3 Å².